The second-order valence-corrected chi connectivity index (χ2v) is 3.59. The monoisotopic (exact) mass is 202 g/mol. The molecule has 1 aliphatic heterocycles. The van der Waals surface area contributed by atoms with E-state index in [1.165, 1.54) is 0 Å². The highest BCUT2D eigenvalue weighted by Crippen LogP contribution is 2.29. The first-order valence-electron chi connectivity index (χ1n) is 5.12. The van der Waals surface area contributed by atoms with Crippen molar-refractivity contribution in [3.05, 3.63) is 0 Å². The van der Waals surface area contributed by atoms with Gasteiger partial charge >= 0.3 is 5.97 Å². The summed E-state index contributed by atoms with van der Waals surface area (Å²) < 4.78 is 10.3. The van der Waals surface area contributed by atoms with E-state index >= 15 is 0 Å². The summed E-state index contributed by atoms with van der Waals surface area (Å²) in [6, 6.07) is 0. The molecule has 1 heterocycles. The first-order chi connectivity index (χ1) is 6.63. The van der Waals surface area contributed by atoms with Crippen LogP contribution in [-0.4, -0.2) is 36.0 Å². The number of rotatable bonds is 3. The molecule has 0 radical (unpaired) electrons. The molecule has 4 nitrogen and oxygen atoms in total. The second-order valence-electron chi connectivity index (χ2n) is 3.59. The lowest BCUT2D eigenvalue weighted by Gasteiger charge is -2.36. The Bertz CT molecular complexity index is 194. The first-order valence-corrected chi connectivity index (χ1v) is 5.12. The van der Waals surface area contributed by atoms with Gasteiger partial charge < -0.3 is 14.6 Å². The molecule has 0 aromatic rings. The number of hydrogen-bond acceptors (Lipinski definition) is 4. The molecule has 82 valence electrons. The Labute approximate surface area is 84.2 Å². The van der Waals surface area contributed by atoms with Gasteiger partial charge in [-0.2, -0.15) is 0 Å². The molecule has 2 atom stereocenters. The summed E-state index contributed by atoms with van der Waals surface area (Å²) in [4.78, 5) is 11.7. The van der Waals surface area contributed by atoms with E-state index in [9.17, 15) is 9.90 Å². The van der Waals surface area contributed by atoms with E-state index in [0.717, 1.165) is 12.8 Å². The van der Waals surface area contributed by atoms with Gasteiger partial charge in [-0.1, -0.05) is 0 Å². The molecule has 1 saturated heterocycles. The maximum absolute atomic E-state index is 11.7. The molecule has 1 fully saturated rings. The van der Waals surface area contributed by atoms with Crippen molar-refractivity contribution in [2.75, 3.05) is 13.2 Å². The molecule has 1 rings (SSSR count). The van der Waals surface area contributed by atoms with E-state index in [1.54, 1.807) is 13.8 Å². The van der Waals surface area contributed by atoms with Crippen molar-refractivity contribution in [2.24, 2.45) is 0 Å². The molecule has 0 spiro atoms. The minimum atomic E-state index is -1.12. The molecule has 0 aromatic heterocycles. The zero-order chi connectivity index (χ0) is 10.6. The highest BCUT2D eigenvalue weighted by Gasteiger charge is 2.46. The van der Waals surface area contributed by atoms with Crippen LogP contribution in [0.5, 0.6) is 0 Å². The van der Waals surface area contributed by atoms with E-state index in [0.29, 0.717) is 19.6 Å². The number of hydrogen-bond donors (Lipinski definition) is 1. The van der Waals surface area contributed by atoms with Crippen LogP contribution >= 0.6 is 0 Å². The van der Waals surface area contributed by atoms with Crippen LogP contribution in [-0.2, 0) is 14.3 Å². The van der Waals surface area contributed by atoms with Gasteiger partial charge in [0.1, 0.15) is 0 Å². The van der Waals surface area contributed by atoms with Gasteiger partial charge in [0.2, 0.25) is 0 Å². The normalized spacial score (nSPS) is 29.6. The number of carbonyl (C=O) groups is 1. The average molecular weight is 202 g/mol. The maximum atomic E-state index is 11.7. The lowest BCUT2D eigenvalue weighted by Crippen LogP contribution is -2.53. The van der Waals surface area contributed by atoms with E-state index in [-0.39, 0.29) is 0 Å². The highest BCUT2D eigenvalue weighted by molar-refractivity contribution is 5.80. The quantitative estimate of drug-likeness (QED) is 0.690. The summed E-state index contributed by atoms with van der Waals surface area (Å²) in [7, 11) is 0. The third kappa shape index (κ3) is 2.07. The molecule has 4 heteroatoms. The molecule has 0 saturated carbocycles. The van der Waals surface area contributed by atoms with Crippen molar-refractivity contribution < 1.29 is 19.4 Å². The van der Waals surface area contributed by atoms with Crippen molar-refractivity contribution in [3.8, 4) is 0 Å². The van der Waals surface area contributed by atoms with E-state index in [4.69, 9.17) is 9.47 Å². The Morgan fingerprint density at radius 3 is 2.79 bits per heavy atom. The second kappa shape index (κ2) is 4.75. The van der Waals surface area contributed by atoms with Crippen LogP contribution < -0.4 is 0 Å². The van der Waals surface area contributed by atoms with Crippen molar-refractivity contribution in [2.45, 2.75) is 44.8 Å². The van der Waals surface area contributed by atoms with Gasteiger partial charge in [-0.25, -0.2) is 4.79 Å². The zero-order valence-corrected chi connectivity index (χ0v) is 8.78. The molecule has 1 N–H and O–H groups in total. The molecule has 2 unspecified atom stereocenters. The Kier molecular flexibility index (Phi) is 3.89. The fraction of sp³-hybridized carbons (Fsp3) is 0.900. The molecule has 0 aliphatic carbocycles. The lowest BCUT2D eigenvalue weighted by atomic mass is 9.89. The standard InChI is InChI=1S/C10H18O4/c1-3-13-9(12)10(8(2)11)6-4-5-7-14-10/h8,11H,3-7H2,1-2H3. The average Bonchev–Trinajstić information content (AvgIpc) is 2.19. The molecular weight excluding hydrogens is 184 g/mol. The third-order valence-electron chi connectivity index (χ3n) is 2.60. The summed E-state index contributed by atoms with van der Waals surface area (Å²) in [5.41, 5.74) is -1.12. The van der Waals surface area contributed by atoms with Crippen LogP contribution in [0.1, 0.15) is 33.1 Å². The Morgan fingerprint density at radius 2 is 2.36 bits per heavy atom. The van der Waals surface area contributed by atoms with E-state index in [2.05, 4.69) is 0 Å². The largest absolute Gasteiger partial charge is 0.464 e. The van der Waals surface area contributed by atoms with Crippen LogP contribution in [0.15, 0.2) is 0 Å². The smallest absolute Gasteiger partial charge is 0.341 e. The maximum Gasteiger partial charge on any atom is 0.341 e. The summed E-state index contributed by atoms with van der Waals surface area (Å²) in [6.07, 6.45) is 1.56. The fourth-order valence-corrected chi connectivity index (χ4v) is 1.73. The van der Waals surface area contributed by atoms with Gasteiger partial charge in [0.25, 0.3) is 0 Å². The van der Waals surface area contributed by atoms with Gasteiger partial charge in [0, 0.05) is 6.61 Å². The Balaban J connectivity index is 2.74. The van der Waals surface area contributed by atoms with Gasteiger partial charge in [-0.15, -0.1) is 0 Å². The summed E-state index contributed by atoms with van der Waals surface area (Å²) in [6.45, 7) is 4.15. The van der Waals surface area contributed by atoms with Gasteiger partial charge in [0.05, 0.1) is 12.7 Å². The van der Waals surface area contributed by atoms with E-state index in [1.807, 2.05) is 0 Å². The van der Waals surface area contributed by atoms with Gasteiger partial charge in [0.15, 0.2) is 5.60 Å². The van der Waals surface area contributed by atoms with Crippen LogP contribution in [0, 0.1) is 0 Å². The predicted octanol–water partition coefficient (Wildman–Crippen LogP) is 0.870. The minimum Gasteiger partial charge on any atom is -0.464 e. The number of carbonyl (C=O) groups excluding carboxylic acids is 1. The van der Waals surface area contributed by atoms with Crippen molar-refractivity contribution in [1.82, 2.24) is 0 Å². The SMILES string of the molecule is CCOC(=O)C1(C(C)O)CCCCO1. The third-order valence-corrected chi connectivity index (χ3v) is 2.60. The van der Waals surface area contributed by atoms with Crippen LogP contribution in [0.2, 0.25) is 0 Å². The van der Waals surface area contributed by atoms with Crippen molar-refractivity contribution in [3.63, 3.8) is 0 Å². The summed E-state index contributed by atoms with van der Waals surface area (Å²) in [5.74, 6) is -0.435. The zero-order valence-electron chi connectivity index (χ0n) is 8.78. The highest BCUT2D eigenvalue weighted by atomic mass is 16.6. The number of aliphatic hydroxyl groups excluding tert-OH is 1. The summed E-state index contributed by atoms with van der Waals surface area (Å²) in [5, 5.41) is 9.60. The first kappa shape index (κ1) is 11.5. The van der Waals surface area contributed by atoms with Gasteiger partial charge in [-0.3, -0.25) is 0 Å². The molecule has 1 aliphatic rings. The fourth-order valence-electron chi connectivity index (χ4n) is 1.73. The summed E-state index contributed by atoms with van der Waals surface area (Å²) >= 11 is 0. The van der Waals surface area contributed by atoms with Crippen LogP contribution in [0.25, 0.3) is 0 Å². The van der Waals surface area contributed by atoms with Crippen LogP contribution in [0.4, 0.5) is 0 Å². The Hall–Kier alpha value is -0.610. The van der Waals surface area contributed by atoms with Crippen LogP contribution in [0.3, 0.4) is 0 Å². The molecular formula is C10H18O4. The molecule has 0 aromatic carbocycles. The van der Waals surface area contributed by atoms with E-state index < -0.39 is 17.7 Å². The predicted molar refractivity (Wildman–Crippen MR) is 50.8 cm³/mol. The number of aliphatic hydroxyl groups is 1. The van der Waals surface area contributed by atoms with Gasteiger partial charge in [-0.05, 0) is 33.1 Å². The van der Waals surface area contributed by atoms with Crippen molar-refractivity contribution in [1.29, 1.82) is 0 Å². The Morgan fingerprint density at radius 1 is 1.64 bits per heavy atom. The molecule has 0 amide bonds. The lowest BCUT2D eigenvalue weighted by molar-refractivity contribution is -0.195. The number of esters is 1. The van der Waals surface area contributed by atoms with Crippen molar-refractivity contribution >= 4 is 5.97 Å². The molecule has 0 bridgehead atoms. The topological polar surface area (TPSA) is 55.8 Å². The molecule has 14 heavy (non-hydrogen) atoms. The number of ether oxygens (including phenoxy) is 2. The minimum absolute atomic E-state index is 0.316.